The minimum atomic E-state index is -0.197. The third kappa shape index (κ3) is 4.35. The first-order chi connectivity index (χ1) is 8.21. The first kappa shape index (κ1) is 14.0. The molecule has 1 aromatic rings. The highest BCUT2D eigenvalue weighted by atomic mass is 19.1. The second-order valence-electron chi connectivity index (χ2n) is 4.27. The summed E-state index contributed by atoms with van der Waals surface area (Å²) >= 11 is 0. The van der Waals surface area contributed by atoms with Gasteiger partial charge in [0.05, 0.1) is 7.11 Å². The highest BCUT2D eigenvalue weighted by molar-refractivity contribution is 5.34. The number of nitrogens with one attached hydrogen (secondary N) is 1. The lowest BCUT2D eigenvalue weighted by atomic mass is 10.0. The van der Waals surface area contributed by atoms with E-state index in [1.165, 1.54) is 6.07 Å². The van der Waals surface area contributed by atoms with E-state index in [4.69, 9.17) is 4.74 Å². The van der Waals surface area contributed by atoms with Crippen LogP contribution in [0.4, 0.5) is 4.39 Å². The lowest BCUT2D eigenvalue weighted by molar-refractivity contribution is 0.404. The highest BCUT2D eigenvalue weighted by Crippen LogP contribution is 2.21. The SMILES string of the molecule is CCCC(CCc1cc(F)ccc1OC)NC. The van der Waals surface area contributed by atoms with Gasteiger partial charge in [0.15, 0.2) is 0 Å². The number of rotatable bonds is 7. The van der Waals surface area contributed by atoms with Crippen LogP contribution >= 0.6 is 0 Å². The van der Waals surface area contributed by atoms with Crippen LogP contribution in [0.2, 0.25) is 0 Å². The van der Waals surface area contributed by atoms with Gasteiger partial charge in [-0.05, 0) is 50.1 Å². The molecule has 0 spiro atoms. The van der Waals surface area contributed by atoms with Gasteiger partial charge in [0, 0.05) is 6.04 Å². The van der Waals surface area contributed by atoms with Gasteiger partial charge in [-0.1, -0.05) is 13.3 Å². The van der Waals surface area contributed by atoms with Crippen molar-refractivity contribution in [2.75, 3.05) is 14.2 Å². The van der Waals surface area contributed by atoms with Crippen LogP contribution in [0.25, 0.3) is 0 Å². The summed E-state index contributed by atoms with van der Waals surface area (Å²) in [4.78, 5) is 0. The molecule has 0 bridgehead atoms. The van der Waals surface area contributed by atoms with Crippen LogP contribution in [-0.4, -0.2) is 20.2 Å². The Bertz CT molecular complexity index is 341. The molecule has 0 fully saturated rings. The minimum Gasteiger partial charge on any atom is -0.496 e. The standard InChI is InChI=1S/C14H22FNO/c1-4-5-13(16-2)8-6-11-10-12(15)7-9-14(11)17-3/h7,9-10,13,16H,4-6,8H2,1-3H3. The lowest BCUT2D eigenvalue weighted by Crippen LogP contribution is -2.25. The summed E-state index contributed by atoms with van der Waals surface area (Å²) in [6, 6.07) is 5.19. The van der Waals surface area contributed by atoms with Crippen molar-refractivity contribution in [2.45, 2.75) is 38.6 Å². The van der Waals surface area contributed by atoms with E-state index in [1.807, 2.05) is 7.05 Å². The van der Waals surface area contributed by atoms with Gasteiger partial charge in [0.2, 0.25) is 0 Å². The van der Waals surface area contributed by atoms with Gasteiger partial charge in [0.1, 0.15) is 11.6 Å². The molecular weight excluding hydrogens is 217 g/mol. The predicted octanol–water partition coefficient (Wildman–Crippen LogP) is 3.16. The molecule has 1 aromatic carbocycles. The number of hydrogen-bond donors (Lipinski definition) is 1. The van der Waals surface area contributed by atoms with Crippen LogP contribution < -0.4 is 10.1 Å². The zero-order chi connectivity index (χ0) is 12.7. The van der Waals surface area contributed by atoms with Crippen molar-refractivity contribution in [3.8, 4) is 5.75 Å². The van der Waals surface area contributed by atoms with E-state index in [0.717, 1.165) is 37.0 Å². The monoisotopic (exact) mass is 239 g/mol. The maximum atomic E-state index is 13.2. The molecule has 96 valence electrons. The average Bonchev–Trinajstić information content (AvgIpc) is 2.34. The number of benzene rings is 1. The van der Waals surface area contributed by atoms with Crippen molar-refractivity contribution in [3.05, 3.63) is 29.6 Å². The number of methoxy groups -OCH3 is 1. The van der Waals surface area contributed by atoms with Crippen LogP contribution in [0.15, 0.2) is 18.2 Å². The molecule has 1 unspecified atom stereocenters. The summed E-state index contributed by atoms with van der Waals surface area (Å²) in [5, 5.41) is 3.29. The summed E-state index contributed by atoms with van der Waals surface area (Å²) in [5.41, 5.74) is 0.948. The molecule has 0 aliphatic heterocycles. The molecule has 1 atom stereocenters. The maximum absolute atomic E-state index is 13.2. The first-order valence-corrected chi connectivity index (χ1v) is 6.21. The third-order valence-corrected chi connectivity index (χ3v) is 3.05. The number of aryl methyl sites for hydroxylation is 1. The molecule has 0 aromatic heterocycles. The van der Waals surface area contributed by atoms with Gasteiger partial charge in [-0.3, -0.25) is 0 Å². The smallest absolute Gasteiger partial charge is 0.123 e. The molecule has 0 saturated carbocycles. The highest BCUT2D eigenvalue weighted by Gasteiger charge is 2.09. The quantitative estimate of drug-likeness (QED) is 0.789. The summed E-state index contributed by atoms with van der Waals surface area (Å²) in [7, 11) is 3.60. The molecule has 1 rings (SSSR count). The minimum absolute atomic E-state index is 0.197. The van der Waals surface area contributed by atoms with E-state index in [2.05, 4.69) is 12.2 Å². The summed E-state index contributed by atoms with van der Waals surface area (Å²) in [6.07, 6.45) is 4.15. The predicted molar refractivity (Wildman–Crippen MR) is 69.0 cm³/mol. The van der Waals surface area contributed by atoms with Crippen molar-refractivity contribution in [3.63, 3.8) is 0 Å². The molecule has 0 aliphatic rings. The second kappa shape index (κ2) is 7.28. The van der Waals surface area contributed by atoms with Crippen LogP contribution in [-0.2, 0) is 6.42 Å². The van der Waals surface area contributed by atoms with E-state index < -0.39 is 0 Å². The molecule has 0 saturated heterocycles. The molecule has 1 N–H and O–H groups in total. The fourth-order valence-electron chi connectivity index (χ4n) is 2.05. The molecule has 0 radical (unpaired) electrons. The molecular formula is C14H22FNO. The van der Waals surface area contributed by atoms with E-state index >= 15 is 0 Å². The van der Waals surface area contributed by atoms with Gasteiger partial charge in [-0.25, -0.2) is 4.39 Å². The maximum Gasteiger partial charge on any atom is 0.123 e. The molecule has 2 nitrogen and oxygen atoms in total. The molecule has 3 heteroatoms. The number of hydrogen-bond acceptors (Lipinski definition) is 2. The first-order valence-electron chi connectivity index (χ1n) is 6.21. The average molecular weight is 239 g/mol. The molecule has 0 amide bonds. The Morgan fingerprint density at radius 1 is 1.35 bits per heavy atom. The third-order valence-electron chi connectivity index (χ3n) is 3.05. The summed E-state index contributed by atoms with van der Waals surface area (Å²) in [5.74, 6) is 0.579. The Kier molecular flexibility index (Phi) is 5.98. The Morgan fingerprint density at radius 3 is 2.71 bits per heavy atom. The summed E-state index contributed by atoms with van der Waals surface area (Å²) in [6.45, 7) is 2.17. The molecule has 0 heterocycles. The van der Waals surface area contributed by atoms with Crippen LogP contribution in [0.3, 0.4) is 0 Å². The second-order valence-corrected chi connectivity index (χ2v) is 4.27. The van der Waals surface area contributed by atoms with Gasteiger partial charge < -0.3 is 10.1 Å². The van der Waals surface area contributed by atoms with Gasteiger partial charge in [0.25, 0.3) is 0 Å². The zero-order valence-corrected chi connectivity index (χ0v) is 10.9. The zero-order valence-electron chi connectivity index (χ0n) is 10.9. The lowest BCUT2D eigenvalue weighted by Gasteiger charge is -2.16. The largest absolute Gasteiger partial charge is 0.496 e. The van der Waals surface area contributed by atoms with E-state index in [0.29, 0.717) is 6.04 Å². The molecule has 0 aliphatic carbocycles. The van der Waals surface area contributed by atoms with Crippen molar-refractivity contribution in [1.82, 2.24) is 5.32 Å². The van der Waals surface area contributed by atoms with E-state index in [1.54, 1.807) is 19.2 Å². The number of halogens is 1. The van der Waals surface area contributed by atoms with Crippen LogP contribution in [0.1, 0.15) is 31.7 Å². The van der Waals surface area contributed by atoms with Crippen molar-refractivity contribution >= 4 is 0 Å². The van der Waals surface area contributed by atoms with E-state index in [9.17, 15) is 4.39 Å². The Hall–Kier alpha value is -1.09. The van der Waals surface area contributed by atoms with Crippen LogP contribution in [0, 0.1) is 5.82 Å². The fourth-order valence-corrected chi connectivity index (χ4v) is 2.05. The normalized spacial score (nSPS) is 12.5. The van der Waals surface area contributed by atoms with Crippen molar-refractivity contribution in [1.29, 1.82) is 0 Å². The van der Waals surface area contributed by atoms with E-state index in [-0.39, 0.29) is 5.82 Å². The van der Waals surface area contributed by atoms with Crippen molar-refractivity contribution < 1.29 is 9.13 Å². The topological polar surface area (TPSA) is 21.3 Å². The van der Waals surface area contributed by atoms with Gasteiger partial charge >= 0.3 is 0 Å². The van der Waals surface area contributed by atoms with Crippen molar-refractivity contribution in [2.24, 2.45) is 0 Å². The Balaban J connectivity index is 2.63. The van der Waals surface area contributed by atoms with Gasteiger partial charge in [-0.2, -0.15) is 0 Å². The Labute approximate surface area is 103 Å². The Morgan fingerprint density at radius 2 is 2.12 bits per heavy atom. The summed E-state index contributed by atoms with van der Waals surface area (Å²) < 4.78 is 18.4. The fraction of sp³-hybridized carbons (Fsp3) is 0.571. The number of ether oxygens (including phenoxy) is 1. The van der Waals surface area contributed by atoms with Crippen LogP contribution in [0.5, 0.6) is 5.75 Å². The van der Waals surface area contributed by atoms with Gasteiger partial charge in [-0.15, -0.1) is 0 Å². The molecule has 17 heavy (non-hydrogen) atoms.